The van der Waals surface area contributed by atoms with Gasteiger partial charge in [0.2, 0.25) is 5.91 Å². The molecule has 3 N–H and O–H groups in total. The van der Waals surface area contributed by atoms with E-state index >= 15 is 0 Å². The summed E-state index contributed by atoms with van der Waals surface area (Å²) in [6, 6.07) is 8.93. The fourth-order valence-electron chi connectivity index (χ4n) is 3.38. The lowest BCUT2D eigenvalue weighted by Crippen LogP contribution is -2.56. The molecule has 7 nitrogen and oxygen atoms in total. The van der Waals surface area contributed by atoms with Crippen LogP contribution < -0.4 is 10.6 Å². The number of rotatable bonds is 2. The van der Waals surface area contributed by atoms with Gasteiger partial charge >= 0.3 is 0 Å². The first-order chi connectivity index (χ1) is 12.7. The summed E-state index contributed by atoms with van der Waals surface area (Å²) in [7, 11) is 0. The monoisotopic (exact) mass is 369 g/mol. The molecule has 1 amide bonds. The van der Waals surface area contributed by atoms with Crippen molar-refractivity contribution in [2.24, 2.45) is 5.41 Å². The number of hydrogen-bond donors (Lipinski definition) is 2. The van der Waals surface area contributed by atoms with E-state index in [0.717, 1.165) is 5.69 Å². The molecule has 3 rings (SSSR count). The summed E-state index contributed by atoms with van der Waals surface area (Å²) in [6.07, 6.45) is 0. The molecule has 2 aromatic rings. The van der Waals surface area contributed by atoms with Crippen LogP contribution in [0.25, 0.3) is 11.3 Å². The molecule has 144 valence electrons. The highest BCUT2D eigenvalue weighted by molar-refractivity contribution is 5.82. The van der Waals surface area contributed by atoms with Crippen LogP contribution >= 0.6 is 0 Å². The molecule has 1 fully saturated rings. The van der Waals surface area contributed by atoms with Crippen molar-refractivity contribution >= 4 is 17.4 Å². The highest BCUT2D eigenvalue weighted by Gasteiger charge is 2.34. The number of amides is 1. The molecule has 1 aromatic heterocycles. The molecule has 0 saturated carbocycles. The third kappa shape index (κ3) is 3.82. The number of aromatic hydroxyl groups is 1. The van der Waals surface area contributed by atoms with E-state index in [1.807, 2.05) is 44.7 Å². The summed E-state index contributed by atoms with van der Waals surface area (Å²) in [6.45, 7) is 9.84. The number of hydrogen-bond acceptors (Lipinski definition) is 6. The summed E-state index contributed by atoms with van der Waals surface area (Å²) in [4.78, 5) is 16.7. The molecule has 0 spiro atoms. The lowest BCUT2D eigenvalue weighted by Gasteiger charge is -2.43. The number of phenolic OH excluding ortho intramolecular Hbond substituents is 1. The maximum Gasteiger partial charge on any atom is 0.228 e. The van der Waals surface area contributed by atoms with Gasteiger partial charge in [0.1, 0.15) is 5.75 Å². The van der Waals surface area contributed by atoms with E-state index in [9.17, 15) is 9.90 Å². The quantitative estimate of drug-likeness (QED) is 0.844. The van der Waals surface area contributed by atoms with Gasteiger partial charge in [-0.25, -0.2) is 0 Å². The minimum atomic E-state index is -0.397. The number of carbonyl (C=O) groups is 1. The summed E-state index contributed by atoms with van der Waals surface area (Å²) < 4.78 is 0. The Morgan fingerprint density at radius 2 is 1.93 bits per heavy atom. The molecule has 1 aliphatic rings. The van der Waals surface area contributed by atoms with E-state index in [1.54, 1.807) is 18.2 Å². The van der Waals surface area contributed by atoms with E-state index in [-0.39, 0.29) is 17.7 Å². The maximum atomic E-state index is 12.6. The molecular formula is C20H27N5O2. The largest absolute Gasteiger partial charge is 0.507 e. The number of anilines is 2. The van der Waals surface area contributed by atoms with Gasteiger partial charge in [-0.05, 0) is 25.1 Å². The molecule has 1 atom stereocenters. The Labute approximate surface area is 159 Å². The fraction of sp³-hybridized carbons (Fsp3) is 0.450. The summed E-state index contributed by atoms with van der Waals surface area (Å²) in [5.74, 6) is 0.652. The smallest absolute Gasteiger partial charge is 0.228 e. The first-order valence-electron chi connectivity index (χ1n) is 9.16. The molecule has 0 bridgehead atoms. The maximum absolute atomic E-state index is 12.6. The SMILES string of the molecule is CC1CN(c2cc(-c3ccccc3O)nnc2N)CCN1C(=O)C(C)(C)C. The standard InChI is InChI=1S/C20H27N5O2/c1-13-12-24(9-10-25(13)19(27)20(2,3)4)16-11-15(22-23-18(16)21)14-7-5-6-8-17(14)26/h5-8,11,13,26H,9-10,12H2,1-4H3,(H2,21,23). The zero-order chi connectivity index (χ0) is 19.8. The van der Waals surface area contributed by atoms with E-state index in [0.29, 0.717) is 36.7 Å². The lowest BCUT2D eigenvalue weighted by atomic mass is 9.93. The van der Waals surface area contributed by atoms with Crippen LogP contribution in [0, 0.1) is 5.41 Å². The molecule has 0 aliphatic carbocycles. The average molecular weight is 369 g/mol. The Kier molecular flexibility index (Phi) is 4.95. The van der Waals surface area contributed by atoms with Crippen LogP contribution in [0.2, 0.25) is 0 Å². The number of para-hydroxylation sites is 1. The van der Waals surface area contributed by atoms with Gasteiger partial charge in [0, 0.05) is 36.7 Å². The summed E-state index contributed by atoms with van der Waals surface area (Å²) in [5.41, 5.74) is 7.65. The van der Waals surface area contributed by atoms with Crippen molar-refractivity contribution in [3.8, 4) is 17.0 Å². The van der Waals surface area contributed by atoms with Gasteiger partial charge in [0.25, 0.3) is 0 Å². The van der Waals surface area contributed by atoms with E-state index in [2.05, 4.69) is 15.1 Å². The van der Waals surface area contributed by atoms with Crippen LogP contribution in [-0.2, 0) is 4.79 Å². The molecule has 1 saturated heterocycles. The number of aromatic nitrogens is 2. The molecule has 27 heavy (non-hydrogen) atoms. The molecule has 7 heteroatoms. The predicted octanol–water partition coefficient (Wildman–Crippen LogP) is 2.51. The Bertz CT molecular complexity index is 847. The number of carbonyl (C=O) groups excluding carboxylic acids is 1. The number of piperazine rings is 1. The van der Waals surface area contributed by atoms with E-state index < -0.39 is 5.41 Å². The number of phenols is 1. The first kappa shape index (κ1) is 18.9. The van der Waals surface area contributed by atoms with Crippen molar-refractivity contribution in [1.82, 2.24) is 15.1 Å². The molecule has 1 aromatic carbocycles. The Balaban J connectivity index is 1.85. The second-order valence-corrected chi connectivity index (χ2v) is 8.06. The first-order valence-corrected chi connectivity index (χ1v) is 9.16. The molecular weight excluding hydrogens is 342 g/mol. The van der Waals surface area contributed by atoms with Crippen LogP contribution in [-0.4, -0.2) is 51.8 Å². The average Bonchev–Trinajstić information content (AvgIpc) is 2.61. The highest BCUT2D eigenvalue weighted by atomic mass is 16.3. The Morgan fingerprint density at radius 1 is 1.22 bits per heavy atom. The second-order valence-electron chi connectivity index (χ2n) is 8.06. The number of nitrogens with two attached hydrogens (primary N) is 1. The third-order valence-corrected chi connectivity index (χ3v) is 4.85. The van der Waals surface area contributed by atoms with Crippen LogP contribution in [0.1, 0.15) is 27.7 Å². The van der Waals surface area contributed by atoms with Crippen molar-refractivity contribution in [1.29, 1.82) is 0 Å². The number of nitrogen functional groups attached to an aromatic ring is 1. The zero-order valence-corrected chi connectivity index (χ0v) is 16.3. The zero-order valence-electron chi connectivity index (χ0n) is 16.3. The van der Waals surface area contributed by atoms with Gasteiger partial charge in [0.05, 0.1) is 11.4 Å². The fourth-order valence-corrected chi connectivity index (χ4v) is 3.38. The Morgan fingerprint density at radius 3 is 2.56 bits per heavy atom. The lowest BCUT2D eigenvalue weighted by molar-refractivity contribution is -0.142. The van der Waals surface area contributed by atoms with Gasteiger partial charge in [-0.1, -0.05) is 32.9 Å². The van der Waals surface area contributed by atoms with Crippen molar-refractivity contribution < 1.29 is 9.90 Å². The van der Waals surface area contributed by atoms with Crippen molar-refractivity contribution in [3.63, 3.8) is 0 Å². The van der Waals surface area contributed by atoms with Crippen molar-refractivity contribution in [3.05, 3.63) is 30.3 Å². The van der Waals surface area contributed by atoms with Crippen LogP contribution in [0.5, 0.6) is 5.75 Å². The van der Waals surface area contributed by atoms with Gasteiger partial charge in [-0.3, -0.25) is 4.79 Å². The van der Waals surface area contributed by atoms with E-state index in [4.69, 9.17) is 5.73 Å². The third-order valence-electron chi connectivity index (χ3n) is 4.85. The van der Waals surface area contributed by atoms with Gasteiger partial charge in [-0.15, -0.1) is 10.2 Å². The molecule has 1 unspecified atom stereocenters. The topological polar surface area (TPSA) is 95.6 Å². The summed E-state index contributed by atoms with van der Waals surface area (Å²) >= 11 is 0. The number of nitrogens with zero attached hydrogens (tertiary/aromatic N) is 4. The van der Waals surface area contributed by atoms with Crippen LogP contribution in [0.15, 0.2) is 30.3 Å². The predicted molar refractivity (Wildman–Crippen MR) is 106 cm³/mol. The minimum absolute atomic E-state index is 0.0617. The Hall–Kier alpha value is -2.83. The molecule has 1 aliphatic heterocycles. The second kappa shape index (κ2) is 7.06. The van der Waals surface area contributed by atoms with Crippen LogP contribution in [0.3, 0.4) is 0 Å². The minimum Gasteiger partial charge on any atom is -0.507 e. The van der Waals surface area contributed by atoms with Crippen molar-refractivity contribution in [2.75, 3.05) is 30.3 Å². The van der Waals surface area contributed by atoms with E-state index in [1.165, 1.54) is 0 Å². The van der Waals surface area contributed by atoms with Gasteiger partial charge in [0.15, 0.2) is 5.82 Å². The normalized spacial score (nSPS) is 17.9. The molecule has 0 radical (unpaired) electrons. The highest BCUT2D eigenvalue weighted by Crippen LogP contribution is 2.32. The van der Waals surface area contributed by atoms with Gasteiger partial charge < -0.3 is 20.6 Å². The van der Waals surface area contributed by atoms with Gasteiger partial charge in [-0.2, -0.15) is 0 Å². The van der Waals surface area contributed by atoms with Crippen LogP contribution in [0.4, 0.5) is 11.5 Å². The van der Waals surface area contributed by atoms with Crippen molar-refractivity contribution in [2.45, 2.75) is 33.7 Å². The summed E-state index contributed by atoms with van der Waals surface area (Å²) in [5, 5.41) is 18.3. The number of benzene rings is 1. The molecule has 2 heterocycles.